The minimum absolute atomic E-state index is 0.454. The van der Waals surface area contributed by atoms with Crippen LogP contribution in [0.2, 0.25) is 0 Å². The molecule has 1 rings (SSSR count). The van der Waals surface area contributed by atoms with Crippen molar-refractivity contribution in [3.8, 4) is 0 Å². The smallest absolute Gasteiger partial charge is 0.367 e. The van der Waals surface area contributed by atoms with E-state index in [1.807, 2.05) is 0 Å². The van der Waals surface area contributed by atoms with Crippen molar-refractivity contribution >= 4 is 5.78 Å². The van der Waals surface area contributed by atoms with Crippen molar-refractivity contribution < 1.29 is 44.8 Å². The first-order valence-electron chi connectivity index (χ1n) is 5.17. The van der Waals surface area contributed by atoms with Gasteiger partial charge in [-0.15, -0.1) is 0 Å². The molecular weight excluding hydrogens is 317 g/mol. The van der Waals surface area contributed by atoms with Crippen LogP contribution in [0.1, 0.15) is 11.7 Å². The molecular formula is C9H7F7N2O3. The zero-order valence-corrected chi connectivity index (χ0v) is 9.96. The highest BCUT2D eigenvalue weighted by atomic mass is 19.4. The van der Waals surface area contributed by atoms with Gasteiger partial charge in [-0.3, -0.25) is 4.79 Å². The van der Waals surface area contributed by atoms with E-state index in [2.05, 4.69) is 19.4 Å². The van der Waals surface area contributed by atoms with Crippen molar-refractivity contribution in [1.82, 2.24) is 10.1 Å². The summed E-state index contributed by atoms with van der Waals surface area (Å²) in [4.78, 5) is 13.9. The third-order valence-electron chi connectivity index (χ3n) is 1.98. The highest BCUT2D eigenvalue weighted by molar-refractivity contribution is 5.85. The van der Waals surface area contributed by atoms with Crippen LogP contribution >= 0.6 is 0 Å². The third-order valence-corrected chi connectivity index (χ3v) is 1.98. The van der Waals surface area contributed by atoms with E-state index in [1.165, 1.54) is 0 Å². The van der Waals surface area contributed by atoms with Gasteiger partial charge in [-0.05, 0) is 0 Å². The first-order valence-corrected chi connectivity index (χ1v) is 5.17. The number of carbonyl (C=O) groups excluding carboxylic acids is 1. The van der Waals surface area contributed by atoms with E-state index in [1.54, 1.807) is 0 Å². The molecule has 0 N–H and O–H groups in total. The lowest BCUT2D eigenvalue weighted by Gasteiger charge is -2.14. The molecule has 0 atom stereocenters. The molecule has 0 amide bonds. The zero-order chi connectivity index (χ0) is 16.3. The maximum Gasteiger partial charge on any atom is 0.450 e. The Labute approximate surface area is 112 Å². The van der Waals surface area contributed by atoms with Gasteiger partial charge in [0.2, 0.25) is 11.7 Å². The number of ketones is 1. The van der Waals surface area contributed by atoms with Gasteiger partial charge < -0.3 is 9.26 Å². The SMILES string of the molecule is O=C(Cc1nc(COCC(F)(F)C(F)F)no1)C(F)(F)F. The van der Waals surface area contributed by atoms with Crippen LogP contribution in [-0.2, 0) is 22.6 Å². The van der Waals surface area contributed by atoms with Crippen LogP contribution in [0.25, 0.3) is 0 Å². The molecule has 0 aliphatic heterocycles. The van der Waals surface area contributed by atoms with E-state index in [4.69, 9.17) is 0 Å². The minimum Gasteiger partial charge on any atom is -0.367 e. The molecule has 1 aromatic heterocycles. The van der Waals surface area contributed by atoms with E-state index in [-0.39, 0.29) is 0 Å². The molecule has 0 saturated carbocycles. The number of alkyl halides is 7. The maximum atomic E-state index is 12.4. The Morgan fingerprint density at radius 3 is 2.38 bits per heavy atom. The Kier molecular flexibility index (Phi) is 5.25. The van der Waals surface area contributed by atoms with E-state index in [0.29, 0.717) is 0 Å². The van der Waals surface area contributed by atoms with Crippen LogP contribution in [0.15, 0.2) is 4.52 Å². The molecule has 0 aromatic carbocycles. The summed E-state index contributed by atoms with van der Waals surface area (Å²) in [5, 5.41) is 3.05. The standard InChI is InChI=1S/C9H7F7N2O3/c10-7(11)8(12,13)3-20-2-5-17-6(21-18-5)1-4(19)9(14,15)16/h7H,1-3H2. The van der Waals surface area contributed by atoms with Crippen LogP contribution in [0.3, 0.4) is 0 Å². The number of rotatable bonds is 7. The molecule has 21 heavy (non-hydrogen) atoms. The summed E-state index contributed by atoms with van der Waals surface area (Å²) in [6, 6.07) is 0. The normalized spacial score (nSPS) is 13.0. The predicted molar refractivity (Wildman–Crippen MR) is 49.7 cm³/mol. The van der Waals surface area contributed by atoms with Gasteiger partial charge in [-0.25, -0.2) is 8.78 Å². The minimum atomic E-state index is -5.08. The molecule has 12 heteroatoms. The number of nitrogens with zero attached hydrogens (tertiary/aromatic N) is 2. The lowest BCUT2D eigenvalue weighted by Crippen LogP contribution is -2.32. The number of aromatic nitrogens is 2. The Morgan fingerprint density at radius 2 is 1.86 bits per heavy atom. The van der Waals surface area contributed by atoms with Crippen LogP contribution < -0.4 is 0 Å². The number of hydrogen-bond donors (Lipinski definition) is 0. The first kappa shape index (κ1) is 17.3. The summed E-state index contributed by atoms with van der Waals surface area (Å²) in [7, 11) is 0. The Balaban J connectivity index is 2.48. The van der Waals surface area contributed by atoms with Gasteiger partial charge in [0.25, 0.3) is 0 Å². The number of Topliss-reactive ketones (excluding diaryl/α,β-unsaturated/α-hetero) is 1. The van der Waals surface area contributed by atoms with Gasteiger partial charge >= 0.3 is 18.5 Å². The zero-order valence-electron chi connectivity index (χ0n) is 9.96. The van der Waals surface area contributed by atoms with Gasteiger partial charge in [0, 0.05) is 0 Å². The average Bonchev–Trinajstić information content (AvgIpc) is 2.75. The average molecular weight is 324 g/mol. The Bertz CT molecular complexity index is 486. The molecule has 0 radical (unpaired) electrons. The number of carbonyl (C=O) groups is 1. The molecule has 1 heterocycles. The van der Waals surface area contributed by atoms with E-state index < -0.39 is 55.7 Å². The second-order valence-electron chi connectivity index (χ2n) is 3.76. The Morgan fingerprint density at radius 1 is 1.24 bits per heavy atom. The number of hydrogen-bond acceptors (Lipinski definition) is 5. The van der Waals surface area contributed by atoms with E-state index >= 15 is 0 Å². The lowest BCUT2D eigenvalue weighted by atomic mass is 10.3. The summed E-state index contributed by atoms with van der Waals surface area (Å²) < 4.78 is 92.7. The highest BCUT2D eigenvalue weighted by Crippen LogP contribution is 2.23. The largest absolute Gasteiger partial charge is 0.450 e. The fourth-order valence-electron chi connectivity index (χ4n) is 1.000. The fourth-order valence-corrected chi connectivity index (χ4v) is 1.000. The van der Waals surface area contributed by atoms with Gasteiger partial charge in [0.15, 0.2) is 5.82 Å². The van der Waals surface area contributed by atoms with Gasteiger partial charge in [-0.1, -0.05) is 5.16 Å². The van der Waals surface area contributed by atoms with Crippen LogP contribution in [0.4, 0.5) is 30.7 Å². The molecule has 0 aliphatic rings. The van der Waals surface area contributed by atoms with Gasteiger partial charge in [0.1, 0.15) is 13.2 Å². The first-order chi connectivity index (χ1) is 9.52. The van der Waals surface area contributed by atoms with E-state index in [9.17, 15) is 35.5 Å². The van der Waals surface area contributed by atoms with Crippen molar-refractivity contribution in [3.05, 3.63) is 11.7 Å². The van der Waals surface area contributed by atoms with Crippen molar-refractivity contribution in [1.29, 1.82) is 0 Å². The topological polar surface area (TPSA) is 65.2 Å². The molecule has 5 nitrogen and oxygen atoms in total. The monoisotopic (exact) mass is 324 g/mol. The summed E-state index contributed by atoms with van der Waals surface area (Å²) in [5.41, 5.74) is 0. The fraction of sp³-hybridized carbons (Fsp3) is 0.667. The quantitative estimate of drug-likeness (QED) is 0.719. The Hall–Kier alpha value is -1.72. The van der Waals surface area contributed by atoms with Crippen LogP contribution in [0.5, 0.6) is 0 Å². The molecule has 0 spiro atoms. The molecule has 0 aliphatic carbocycles. The van der Waals surface area contributed by atoms with Crippen molar-refractivity contribution in [2.45, 2.75) is 31.6 Å². The summed E-state index contributed by atoms with van der Waals surface area (Å²) >= 11 is 0. The second kappa shape index (κ2) is 6.37. The summed E-state index contributed by atoms with van der Waals surface area (Å²) in [6.45, 7) is -2.41. The van der Waals surface area contributed by atoms with Crippen molar-refractivity contribution in [3.63, 3.8) is 0 Å². The van der Waals surface area contributed by atoms with Gasteiger partial charge in [-0.2, -0.15) is 26.9 Å². The molecule has 0 fully saturated rings. The van der Waals surface area contributed by atoms with Crippen molar-refractivity contribution in [2.75, 3.05) is 6.61 Å². The van der Waals surface area contributed by atoms with Crippen LogP contribution in [-0.4, -0.2) is 41.1 Å². The van der Waals surface area contributed by atoms with Crippen molar-refractivity contribution in [2.24, 2.45) is 0 Å². The maximum absolute atomic E-state index is 12.4. The summed E-state index contributed by atoms with van der Waals surface area (Å²) in [6.07, 6.45) is -10.2. The van der Waals surface area contributed by atoms with E-state index in [0.717, 1.165) is 0 Å². The summed E-state index contributed by atoms with van der Waals surface area (Å²) in [5.74, 6) is -7.66. The number of halogens is 7. The highest BCUT2D eigenvalue weighted by Gasteiger charge is 2.41. The van der Waals surface area contributed by atoms with Gasteiger partial charge in [0.05, 0.1) is 6.42 Å². The lowest BCUT2D eigenvalue weighted by molar-refractivity contribution is -0.170. The molecule has 0 unspecified atom stereocenters. The molecule has 1 aromatic rings. The molecule has 0 saturated heterocycles. The number of ether oxygens (including phenoxy) is 1. The second-order valence-corrected chi connectivity index (χ2v) is 3.76. The predicted octanol–water partition coefficient (Wildman–Crippen LogP) is 2.16. The third kappa shape index (κ3) is 5.28. The molecule has 0 bridgehead atoms. The van der Waals surface area contributed by atoms with Crippen LogP contribution in [0, 0.1) is 0 Å². The molecule has 120 valence electrons.